The molecule has 3 rings (SSSR count). The first-order valence-electron chi connectivity index (χ1n) is 8.70. The Kier molecular flexibility index (Phi) is 5.65. The van der Waals surface area contributed by atoms with Crippen LogP contribution in [0.15, 0.2) is 24.3 Å². The number of aliphatic hydroxyl groups is 1. The Morgan fingerprint density at radius 1 is 0.913 bits per heavy atom. The van der Waals surface area contributed by atoms with Crippen molar-refractivity contribution in [2.45, 2.75) is 19.4 Å². The van der Waals surface area contributed by atoms with Crippen LogP contribution in [0.2, 0.25) is 0 Å². The van der Waals surface area contributed by atoms with Gasteiger partial charge in [0.25, 0.3) is 5.91 Å². The predicted octanol–water partition coefficient (Wildman–Crippen LogP) is 1.03. The van der Waals surface area contributed by atoms with Crippen molar-refractivity contribution < 1.29 is 9.90 Å². The van der Waals surface area contributed by atoms with Crippen LogP contribution in [-0.4, -0.2) is 78.1 Å². The predicted molar refractivity (Wildman–Crippen MR) is 90.4 cm³/mol. The first kappa shape index (κ1) is 16.4. The molecular weight excluding hydrogens is 290 g/mol. The van der Waals surface area contributed by atoms with Gasteiger partial charge in [-0.2, -0.15) is 0 Å². The maximum Gasteiger partial charge on any atom is 0.253 e. The summed E-state index contributed by atoms with van der Waals surface area (Å²) in [5.41, 5.74) is 2.07. The molecule has 1 aromatic carbocycles. The van der Waals surface area contributed by atoms with Crippen LogP contribution in [0.3, 0.4) is 0 Å². The van der Waals surface area contributed by atoms with Gasteiger partial charge in [0.2, 0.25) is 0 Å². The second-order valence-corrected chi connectivity index (χ2v) is 6.54. The van der Waals surface area contributed by atoms with Crippen molar-refractivity contribution in [1.82, 2.24) is 14.7 Å². The van der Waals surface area contributed by atoms with Gasteiger partial charge in [0, 0.05) is 57.9 Å². The van der Waals surface area contributed by atoms with Gasteiger partial charge in [0.1, 0.15) is 0 Å². The van der Waals surface area contributed by atoms with Crippen LogP contribution in [-0.2, 0) is 6.54 Å². The molecule has 0 aliphatic carbocycles. The number of β-amino-alcohol motifs (C(OH)–C–C–N with tert-alkyl or cyclic N) is 1. The lowest BCUT2D eigenvalue weighted by atomic mass is 10.1. The second-order valence-electron chi connectivity index (χ2n) is 6.54. The van der Waals surface area contributed by atoms with Crippen molar-refractivity contribution in [1.29, 1.82) is 0 Å². The maximum atomic E-state index is 12.3. The molecule has 23 heavy (non-hydrogen) atoms. The highest BCUT2D eigenvalue weighted by molar-refractivity contribution is 5.94. The molecule has 2 fully saturated rings. The zero-order chi connectivity index (χ0) is 16.1. The van der Waals surface area contributed by atoms with Crippen molar-refractivity contribution in [3.05, 3.63) is 35.4 Å². The summed E-state index contributed by atoms with van der Waals surface area (Å²) in [6.45, 7) is 7.87. The molecule has 5 nitrogen and oxygen atoms in total. The van der Waals surface area contributed by atoms with E-state index in [9.17, 15) is 4.79 Å². The lowest BCUT2D eigenvalue weighted by molar-refractivity contribution is 0.0792. The third-order valence-electron chi connectivity index (χ3n) is 4.88. The lowest BCUT2D eigenvalue weighted by Gasteiger charge is -2.34. The molecule has 0 saturated carbocycles. The van der Waals surface area contributed by atoms with Gasteiger partial charge < -0.3 is 10.0 Å². The van der Waals surface area contributed by atoms with Crippen LogP contribution in [0.4, 0.5) is 0 Å². The zero-order valence-corrected chi connectivity index (χ0v) is 13.8. The fraction of sp³-hybridized carbons (Fsp3) is 0.611. The number of carbonyl (C=O) groups excluding carboxylic acids is 1. The molecule has 2 saturated heterocycles. The van der Waals surface area contributed by atoms with E-state index in [1.165, 1.54) is 5.56 Å². The van der Waals surface area contributed by atoms with Crippen LogP contribution in [0, 0.1) is 0 Å². The van der Waals surface area contributed by atoms with E-state index in [2.05, 4.69) is 21.9 Å². The number of benzene rings is 1. The molecule has 1 aromatic rings. The van der Waals surface area contributed by atoms with Crippen LogP contribution in [0.5, 0.6) is 0 Å². The van der Waals surface area contributed by atoms with Gasteiger partial charge in [-0.05, 0) is 30.5 Å². The van der Waals surface area contributed by atoms with Crippen molar-refractivity contribution in [3.8, 4) is 0 Å². The van der Waals surface area contributed by atoms with E-state index in [0.717, 1.165) is 70.8 Å². The Hall–Kier alpha value is -1.43. The van der Waals surface area contributed by atoms with Gasteiger partial charge in [-0.25, -0.2) is 0 Å². The fourth-order valence-corrected chi connectivity index (χ4v) is 3.43. The number of hydrogen-bond donors (Lipinski definition) is 1. The standard InChI is InChI=1S/C18H27N3O2/c22-14-13-19-9-11-20(12-10-19)15-16-3-5-17(6-4-16)18(23)21-7-1-2-8-21/h3-6,22H,1-2,7-15H2. The highest BCUT2D eigenvalue weighted by Crippen LogP contribution is 2.15. The molecule has 0 aromatic heterocycles. The summed E-state index contributed by atoms with van der Waals surface area (Å²) in [6, 6.07) is 8.11. The van der Waals surface area contributed by atoms with Crippen molar-refractivity contribution in [3.63, 3.8) is 0 Å². The van der Waals surface area contributed by atoms with Gasteiger partial charge >= 0.3 is 0 Å². The Morgan fingerprint density at radius 3 is 2.13 bits per heavy atom. The highest BCUT2D eigenvalue weighted by Gasteiger charge is 2.20. The average molecular weight is 317 g/mol. The molecule has 0 spiro atoms. The molecule has 1 amide bonds. The summed E-state index contributed by atoms with van der Waals surface area (Å²) in [4.78, 5) is 19.0. The summed E-state index contributed by atoms with van der Waals surface area (Å²) >= 11 is 0. The quantitative estimate of drug-likeness (QED) is 0.881. The van der Waals surface area contributed by atoms with E-state index in [4.69, 9.17) is 5.11 Å². The summed E-state index contributed by atoms with van der Waals surface area (Å²) in [5.74, 6) is 0.173. The largest absolute Gasteiger partial charge is 0.395 e. The number of piperazine rings is 1. The van der Waals surface area contributed by atoms with Crippen LogP contribution >= 0.6 is 0 Å². The van der Waals surface area contributed by atoms with Crippen LogP contribution in [0.25, 0.3) is 0 Å². The minimum absolute atomic E-state index is 0.173. The molecule has 0 bridgehead atoms. The molecule has 0 atom stereocenters. The first-order chi connectivity index (χ1) is 11.3. The number of carbonyl (C=O) groups is 1. The van der Waals surface area contributed by atoms with Gasteiger partial charge in [-0.15, -0.1) is 0 Å². The number of nitrogens with zero attached hydrogens (tertiary/aromatic N) is 3. The Labute approximate surface area is 138 Å². The molecule has 2 aliphatic rings. The summed E-state index contributed by atoms with van der Waals surface area (Å²) < 4.78 is 0. The van der Waals surface area contributed by atoms with Gasteiger partial charge in [-0.3, -0.25) is 14.6 Å². The third kappa shape index (κ3) is 4.31. The minimum Gasteiger partial charge on any atom is -0.395 e. The van der Waals surface area contributed by atoms with Crippen LogP contribution in [0.1, 0.15) is 28.8 Å². The van der Waals surface area contributed by atoms with E-state index in [-0.39, 0.29) is 12.5 Å². The fourth-order valence-electron chi connectivity index (χ4n) is 3.43. The number of aliphatic hydroxyl groups excluding tert-OH is 1. The molecule has 1 N–H and O–H groups in total. The van der Waals surface area contributed by atoms with Gasteiger partial charge in [0.15, 0.2) is 0 Å². The summed E-state index contributed by atoms with van der Waals surface area (Å²) in [7, 11) is 0. The smallest absolute Gasteiger partial charge is 0.253 e. The van der Waals surface area contributed by atoms with E-state index >= 15 is 0 Å². The van der Waals surface area contributed by atoms with Crippen molar-refractivity contribution in [2.75, 3.05) is 52.4 Å². The zero-order valence-electron chi connectivity index (χ0n) is 13.8. The maximum absolute atomic E-state index is 12.3. The van der Waals surface area contributed by atoms with Crippen molar-refractivity contribution >= 4 is 5.91 Å². The number of rotatable bonds is 5. The van der Waals surface area contributed by atoms with Crippen LogP contribution < -0.4 is 0 Å². The second kappa shape index (κ2) is 7.90. The first-order valence-corrected chi connectivity index (χ1v) is 8.70. The Balaban J connectivity index is 1.51. The third-order valence-corrected chi connectivity index (χ3v) is 4.88. The number of amides is 1. The molecule has 126 valence electrons. The Morgan fingerprint density at radius 2 is 1.52 bits per heavy atom. The number of hydrogen-bond acceptors (Lipinski definition) is 4. The molecule has 2 heterocycles. The van der Waals surface area contributed by atoms with Gasteiger partial charge in [-0.1, -0.05) is 12.1 Å². The number of likely N-dealkylation sites (tertiary alicyclic amines) is 1. The molecular formula is C18H27N3O2. The van der Waals surface area contributed by atoms with E-state index in [1.54, 1.807) is 0 Å². The molecule has 0 unspecified atom stereocenters. The highest BCUT2D eigenvalue weighted by atomic mass is 16.3. The van der Waals surface area contributed by atoms with Gasteiger partial charge in [0.05, 0.1) is 6.61 Å². The van der Waals surface area contributed by atoms with Crippen molar-refractivity contribution in [2.24, 2.45) is 0 Å². The SMILES string of the molecule is O=C(c1ccc(CN2CCN(CCO)CC2)cc1)N1CCCC1. The average Bonchev–Trinajstić information content (AvgIpc) is 3.11. The normalized spacial score (nSPS) is 20.1. The lowest BCUT2D eigenvalue weighted by Crippen LogP contribution is -2.46. The van der Waals surface area contributed by atoms with E-state index < -0.39 is 0 Å². The monoisotopic (exact) mass is 317 g/mol. The van der Waals surface area contributed by atoms with E-state index in [0.29, 0.717) is 0 Å². The molecule has 5 heteroatoms. The summed E-state index contributed by atoms with van der Waals surface area (Å²) in [5, 5.41) is 8.98. The van der Waals surface area contributed by atoms with E-state index in [1.807, 2.05) is 17.0 Å². The molecule has 0 radical (unpaired) electrons. The topological polar surface area (TPSA) is 47.0 Å². The molecule has 2 aliphatic heterocycles. The minimum atomic E-state index is 0.173. The summed E-state index contributed by atoms with van der Waals surface area (Å²) in [6.07, 6.45) is 2.26. The Bertz CT molecular complexity index is 504.